The average molecular weight is 406 g/mol. The van der Waals surface area contributed by atoms with Crippen LogP contribution in [0.4, 0.5) is 10.1 Å². The molecule has 29 heavy (non-hydrogen) atoms. The molecule has 0 aliphatic rings. The molecule has 1 aromatic heterocycles. The van der Waals surface area contributed by atoms with Gasteiger partial charge in [-0.1, -0.05) is 6.07 Å². The lowest BCUT2D eigenvalue weighted by Crippen LogP contribution is -2.37. The van der Waals surface area contributed by atoms with Gasteiger partial charge in [0.25, 0.3) is 17.2 Å². The van der Waals surface area contributed by atoms with Gasteiger partial charge in [-0.25, -0.2) is 4.39 Å². The average Bonchev–Trinajstić information content (AvgIpc) is 2.67. The third-order valence-corrected chi connectivity index (χ3v) is 4.18. The highest BCUT2D eigenvalue weighted by molar-refractivity contribution is 5.93. The Morgan fingerprint density at radius 2 is 2.03 bits per heavy atom. The zero-order valence-electron chi connectivity index (χ0n) is 15.8. The normalized spacial score (nSPS) is 10.4. The van der Waals surface area contributed by atoms with Crippen LogP contribution in [0.2, 0.25) is 0 Å². The molecule has 10 nitrogen and oxygen atoms in total. The van der Waals surface area contributed by atoms with Crippen LogP contribution < -0.4 is 16.0 Å². The van der Waals surface area contributed by atoms with Crippen LogP contribution in [0, 0.1) is 15.9 Å². The molecule has 2 N–H and O–H groups in total. The van der Waals surface area contributed by atoms with E-state index in [4.69, 9.17) is 10.5 Å². The quantitative estimate of drug-likeness (QED) is 0.514. The Kier molecular flexibility index (Phi) is 6.65. The van der Waals surface area contributed by atoms with E-state index in [2.05, 4.69) is 0 Å². The minimum atomic E-state index is -1.14. The van der Waals surface area contributed by atoms with E-state index in [9.17, 15) is 28.9 Å². The molecule has 0 radical (unpaired) electrons. The van der Waals surface area contributed by atoms with Crippen LogP contribution in [-0.4, -0.2) is 39.9 Å². The van der Waals surface area contributed by atoms with Crippen molar-refractivity contribution in [3.8, 4) is 5.75 Å². The molecule has 0 aliphatic carbocycles. The first-order valence-corrected chi connectivity index (χ1v) is 8.46. The van der Waals surface area contributed by atoms with E-state index in [1.807, 2.05) is 0 Å². The molecule has 1 heterocycles. The molecule has 1 aromatic carbocycles. The van der Waals surface area contributed by atoms with Gasteiger partial charge in [-0.05, 0) is 24.6 Å². The summed E-state index contributed by atoms with van der Waals surface area (Å²) >= 11 is 0. The number of hydrogen-bond acceptors (Lipinski definition) is 6. The van der Waals surface area contributed by atoms with E-state index < -0.39 is 45.9 Å². The van der Waals surface area contributed by atoms with Crippen molar-refractivity contribution >= 4 is 17.5 Å². The second-order valence-electron chi connectivity index (χ2n) is 6.04. The number of pyridine rings is 1. The van der Waals surface area contributed by atoms with Crippen LogP contribution >= 0.6 is 0 Å². The maximum Gasteiger partial charge on any atom is 0.286 e. The lowest BCUT2D eigenvalue weighted by Gasteiger charge is -2.22. The Balaban J connectivity index is 2.29. The lowest BCUT2D eigenvalue weighted by atomic mass is 10.2. The van der Waals surface area contributed by atoms with Crippen molar-refractivity contribution in [1.29, 1.82) is 0 Å². The van der Waals surface area contributed by atoms with Crippen molar-refractivity contribution < 1.29 is 23.6 Å². The summed E-state index contributed by atoms with van der Waals surface area (Å²) in [6, 6.07) is 5.00. The van der Waals surface area contributed by atoms with Crippen molar-refractivity contribution in [2.24, 2.45) is 5.73 Å². The summed E-state index contributed by atoms with van der Waals surface area (Å²) < 4.78 is 19.5. The van der Waals surface area contributed by atoms with E-state index in [0.29, 0.717) is 5.56 Å². The summed E-state index contributed by atoms with van der Waals surface area (Å²) in [7, 11) is 1.33. The Morgan fingerprint density at radius 1 is 1.34 bits per heavy atom. The number of hydrogen-bond donors (Lipinski definition) is 1. The van der Waals surface area contributed by atoms with Crippen molar-refractivity contribution in [2.45, 2.75) is 20.0 Å². The molecule has 154 valence electrons. The maximum atomic E-state index is 13.9. The molecule has 0 saturated carbocycles. The van der Waals surface area contributed by atoms with Crippen LogP contribution in [0.15, 0.2) is 35.3 Å². The van der Waals surface area contributed by atoms with Crippen LogP contribution in [0.5, 0.6) is 5.75 Å². The monoisotopic (exact) mass is 406 g/mol. The van der Waals surface area contributed by atoms with Crippen LogP contribution in [0.1, 0.15) is 22.8 Å². The number of methoxy groups -OCH3 is 1. The fraction of sp³-hybridized carbons (Fsp3) is 0.278. The van der Waals surface area contributed by atoms with E-state index in [1.54, 1.807) is 13.0 Å². The predicted octanol–water partition coefficient (Wildman–Crippen LogP) is 1.05. The molecule has 2 amide bonds. The molecule has 2 aromatic rings. The molecule has 2 rings (SSSR count). The molecule has 0 fully saturated rings. The number of nitrogens with zero attached hydrogens (tertiary/aromatic N) is 3. The standard InChI is InChI=1S/C18H19FN4O6/c1-3-21(8-11-4-5-15(29-2)14(19)6-11)16(24)10-22-9-12(23(27)28)7-13(17(20)25)18(22)26/h4-7,9H,3,8,10H2,1-2H3,(H2,20,25). The molecule has 0 bridgehead atoms. The summed E-state index contributed by atoms with van der Waals surface area (Å²) in [6.07, 6.45) is 0.869. The predicted molar refractivity (Wildman–Crippen MR) is 99.9 cm³/mol. The number of rotatable bonds is 8. The minimum absolute atomic E-state index is 0.0442. The van der Waals surface area contributed by atoms with Gasteiger partial charge in [-0.2, -0.15) is 0 Å². The molecule has 11 heteroatoms. The fourth-order valence-electron chi connectivity index (χ4n) is 2.66. The highest BCUT2D eigenvalue weighted by Crippen LogP contribution is 2.19. The minimum Gasteiger partial charge on any atom is -0.494 e. The van der Waals surface area contributed by atoms with Gasteiger partial charge in [0.1, 0.15) is 12.1 Å². The summed E-state index contributed by atoms with van der Waals surface area (Å²) in [6.45, 7) is 1.41. The first-order chi connectivity index (χ1) is 13.7. The van der Waals surface area contributed by atoms with Gasteiger partial charge in [0.2, 0.25) is 5.91 Å². The van der Waals surface area contributed by atoms with E-state index >= 15 is 0 Å². The van der Waals surface area contributed by atoms with Gasteiger partial charge in [0.15, 0.2) is 11.6 Å². The Hall–Kier alpha value is -3.76. The number of likely N-dealkylation sites (N-methyl/N-ethyl adjacent to an activating group) is 1. The number of nitro groups is 1. The molecule has 0 unspecified atom stereocenters. The van der Waals surface area contributed by atoms with Crippen molar-refractivity contribution in [3.05, 3.63) is 67.9 Å². The van der Waals surface area contributed by atoms with Crippen molar-refractivity contribution in [3.63, 3.8) is 0 Å². The van der Waals surface area contributed by atoms with Gasteiger partial charge in [-0.3, -0.25) is 29.1 Å². The second kappa shape index (κ2) is 8.95. The van der Waals surface area contributed by atoms with Gasteiger partial charge >= 0.3 is 0 Å². The van der Waals surface area contributed by atoms with Crippen molar-refractivity contribution in [2.75, 3.05) is 13.7 Å². The number of ether oxygens (including phenoxy) is 1. The number of carbonyl (C=O) groups excluding carboxylic acids is 2. The molecule has 0 spiro atoms. The number of benzene rings is 1. The smallest absolute Gasteiger partial charge is 0.286 e. The SMILES string of the molecule is CCN(Cc1ccc(OC)c(F)c1)C(=O)Cn1cc([N+](=O)[O-])cc(C(N)=O)c1=O. The summed E-state index contributed by atoms with van der Waals surface area (Å²) in [5.74, 6) is -2.22. The summed E-state index contributed by atoms with van der Waals surface area (Å²) in [5, 5.41) is 11.0. The Bertz CT molecular complexity index is 1020. The first-order valence-electron chi connectivity index (χ1n) is 8.46. The maximum absolute atomic E-state index is 13.9. The van der Waals surface area contributed by atoms with Crippen LogP contribution in [0.25, 0.3) is 0 Å². The number of carbonyl (C=O) groups is 2. The third kappa shape index (κ3) is 4.94. The van der Waals surface area contributed by atoms with Crippen LogP contribution in [0.3, 0.4) is 0 Å². The largest absolute Gasteiger partial charge is 0.494 e. The number of halogens is 1. The topological polar surface area (TPSA) is 138 Å². The van der Waals surface area contributed by atoms with Gasteiger partial charge < -0.3 is 15.4 Å². The number of nitrogens with two attached hydrogens (primary N) is 1. The molecule has 0 aliphatic heterocycles. The zero-order chi connectivity index (χ0) is 21.7. The summed E-state index contributed by atoms with van der Waals surface area (Å²) in [4.78, 5) is 47.9. The van der Waals surface area contributed by atoms with E-state index in [0.717, 1.165) is 16.8 Å². The van der Waals surface area contributed by atoms with E-state index in [-0.39, 0.29) is 18.8 Å². The van der Waals surface area contributed by atoms with Gasteiger partial charge in [0, 0.05) is 19.2 Å². The number of aromatic nitrogens is 1. The highest BCUT2D eigenvalue weighted by Gasteiger charge is 2.21. The van der Waals surface area contributed by atoms with Crippen LogP contribution in [-0.2, 0) is 17.9 Å². The molecule has 0 atom stereocenters. The van der Waals surface area contributed by atoms with Gasteiger partial charge in [-0.15, -0.1) is 0 Å². The molecular weight excluding hydrogens is 387 g/mol. The lowest BCUT2D eigenvalue weighted by molar-refractivity contribution is -0.385. The first kappa shape index (κ1) is 21.5. The Labute approximate surface area is 164 Å². The second-order valence-corrected chi connectivity index (χ2v) is 6.04. The van der Waals surface area contributed by atoms with E-state index in [1.165, 1.54) is 24.1 Å². The number of primary amides is 1. The Morgan fingerprint density at radius 3 is 2.55 bits per heavy atom. The van der Waals surface area contributed by atoms with Crippen molar-refractivity contribution in [1.82, 2.24) is 9.47 Å². The number of amides is 2. The zero-order valence-corrected chi connectivity index (χ0v) is 15.8. The highest BCUT2D eigenvalue weighted by atomic mass is 19.1. The van der Waals surface area contributed by atoms with Gasteiger partial charge in [0.05, 0.1) is 18.2 Å². The molecular formula is C18H19FN4O6. The fourth-order valence-corrected chi connectivity index (χ4v) is 2.66. The molecule has 0 saturated heterocycles. The summed E-state index contributed by atoms with van der Waals surface area (Å²) in [5.41, 5.74) is 3.53. The third-order valence-electron chi connectivity index (χ3n) is 4.18.